The lowest BCUT2D eigenvalue weighted by atomic mass is 10.2. The highest BCUT2D eigenvalue weighted by atomic mass is 32.2. The Bertz CT molecular complexity index is 521. The third kappa shape index (κ3) is 3.11. The first kappa shape index (κ1) is 11.7. The average molecular weight is 242 g/mol. The van der Waals surface area contributed by atoms with E-state index >= 15 is 0 Å². The first-order valence-corrected chi connectivity index (χ1v) is 6.56. The second kappa shape index (κ2) is 5.55. The van der Waals surface area contributed by atoms with E-state index in [9.17, 15) is 0 Å². The molecule has 0 saturated carbocycles. The maximum absolute atomic E-state index is 5.96. The molecule has 0 radical (unpaired) electrons. The number of benzene rings is 2. The summed E-state index contributed by atoms with van der Waals surface area (Å²) in [5.41, 5.74) is 7.80. The van der Waals surface area contributed by atoms with Gasteiger partial charge in [-0.05, 0) is 24.5 Å². The van der Waals surface area contributed by atoms with Gasteiger partial charge >= 0.3 is 0 Å². The number of aliphatic imine (C=N–C) groups is 1. The van der Waals surface area contributed by atoms with E-state index in [1.807, 2.05) is 54.8 Å². The van der Waals surface area contributed by atoms with E-state index in [0.29, 0.717) is 5.84 Å². The van der Waals surface area contributed by atoms with Crippen LogP contribution in [-0.4, -0.2) is 12.1 Å². The number of hydrogen-bond donors (Lipinski definition) is 1. The Balaban J connectivity index is 2.29. The van der Waals surface area contributed by atoms with Crippen LogP contribution in [0.25, 0.3) is 0 Å². The quantitative estimate of drug-likeness (QED) is 0.508. The van der Waals surface area contributed by atoms with Crippen molar-refractivity contribution in [1.29, 1.82) is 0 Å². The fraction of sp³-hybridized carbons (Fsp3) is 0.0714. The molecule has 0 aliphatic rings. The smallest absolute Gasteiger partial charge is 0.131 e. The van der Waals surface area contributed by atoms with Crippen LogP contribution in [0.3, 0.4) is 0 Å². The highest BCUT2D eigenvalue weighted by molar-refractivity contribution is 7.98. The normalized spacial score (nSPS) is 11.5. The minimum absolute atomic E-state index is 0.545. The van der Waals surface area contributed by atoms with Crippen molar-refractivity contribution in [2.75, 3.05) is 6.26 Å². The van der Waals surface area contributed by atoms with Gasteiger partial charge in [0.2, 0.25) is 0 Å². The minimum Gasteiger partial charge on any atom is -0.383 e. The zero-order chi connectivity index (χ0) is 12.1. The Labute approximate surface area is 106 Å². The van der Waals surface area contributed by atoms with Crippen LogP contribution in [0.2, 0.25) is 0 Å². The molecule has 0 unspecified atom stereocenters. The summed E-state index contributed by atoms with van der Waals surface area (Å²) >= 11 is 1.70. The van der Waals surface area contributed by atoms with Gasteiger partial charge in [-0.15, -0.1) is 11.8 Å². The second-order valence-corrected chi connectivity index (χ2v) is 4.44. The van der Waals surface area contributed by atoms with E-state index in [0.717, 1.165) is 11.3 Å². The highest BCUT2D eigenvalue weighted by Gasteiger charge is 1.98. The van der Waals surface area contributed by atoms with Gasteiger partial charge in [0.25, 0.3) is 0 Å². The number of nitrogens with zero attached hydrogens (tertiary/aromatic N) is 1. The van der Waals surface area contributed by atoms with Gasteiger partial charge in [-0.25, -0.2) is 4.99 Å². The summed E-state index contributed by atoms with van der Waals surface area (Å²) < 4.78 is 0. The molecule has 0 atom stereocenters. The van der Waals surface area contributed by atoms with Gasteiger partial charge in [0.15, 0.2) is 0 Å². The standard InChI is InChI=1S/C14H14N2S/c1-17-13-9-5-8-12(10-13)16-14(15)11-6-3-2-4-7-11/h2-10H,1H3,(H2,15,16). The van der Waals surface area contributed by atoms with Crippen molar-refractivity contribution in [2.45, 2.75) is 4.90 Å². The van der Waals surface area contributed by atoms with E-state index < -0.39 is 0 Å². The van der Waals surface area contributed by atoms with E-state index in [-0.39, 0.29) is 0 Å². The molecule has 17 heavy (non-hydrogen) atoms. The molecule has 0 fully saturated rings. The number of amidine groups is 1. The van der Waals surface area contributed by atoms with Gasteiger partial charge in [0, 0.05) is 10.5 Å². The third-order valence-corrected chi connectivity index (χ3v) is 3.10. The zero-order valence-corrected chi connectivity index (χ0v) is 10.4. The van der Waals surface area contributed by atoms with Crippen molar-refractivity contribution < 1.29 is 0 Å². The molecule has 2 N–H and O–H groups in total. The number of hydrogen-bond acceptors (Lipinski definition) is 2. The molecule has 0 heterocycles. The van der Waals surface area contributed by atoms with Crippen molar-refractivity contribution in [3.05, 3.63) is 60.2 Å². The Morgan fingerprint density at radius 1 is 1.06 bits per heavy atom. The predicted molar refractivity (Wildman–Crippen MR) is 75.0 cm³/mol. The fourth-order valence-corrected chi connectivity index (χ4v) is 1.95. The average Bonchev–Trinajstić information content (AvgIpc) is 2.40. The molecule has 0 saturated heterocycles. The number of nitrogens with two attached hydrogens (primary N) is 1. The Kier molecular flexibility index (Phi) is 3.83. The van der Waals surface area contributed by atoms with Crippen LogP contribution in [0.1, 0.15) is 5.56 Å². The molecule has 86 valence electrons. The molecule has 2 aromatic carbocycles. The summed E-state index contributed by atoms with van der Waals surface area (Å²) in [6.45, 7) is 0. The van der Waals surface area contributed by atoms with E-state index in [1.165, 1.54) is 4.90 Å². The summed E-state index contributed by atoms with van der Waals surface area (Å²) in [5, 5.41) is 0. The summed E-state index contributed by atoms with van der Waals surface area (Å²) in [6.07, 6.45) is 2.05. The molecule has 0 aliphatic carbocycles. The zero-order valence-electron chi connectivity index (χ0n) is 9.63. The molecular formula is C14H14N2S. The van der Waals surface area contributed by atoms with Crippen LogP contribution in [0.15, 0.2) is 64.5 Å². The lowest BCUT2D eigenvalue weighted by molar-refractivity contribution is 1.39. The summed E-state index contributed by atoms with van der Waals surface area (Å²) in [5.74, 6) is 0.545. The lowest BCUT2D eigenvalue weighted by Crippen LogP contribution is -2.12. The van der Waals surface area contributed by atoms with Crippen LogP contribution in [0.5, 0.6) is 0 Å². The first-order chi connectivity index (χ1) is 8.29. The maximum Gasteiger partial charge on any atom is 0.131 e. The molecular weight excluding hydrogens is 228 g/mol. The first-order valence-electron chi connectivity index (χ1n) is 5.33. The van der Waals surface area contributed by atoms with E-state index in [1.54, 1.807) is 11.8 Å². The van der Waals surface area contributed by atoms with Gasteiger partial charge in [-0.1, -0.05) is 36.4 Å². The van der Waals surface area contributed by atoms with Crippen LogP contribution >= 0.6 is 11.8 Å². The van der Waals surface area contributed by atoms with Crippen molar-refractivity contribution >= 4 is 23.3 Å². The Morgan fingerprint density at radius 3 is 2.53 bits per heavy atom. The molecule has 2 nitrogen and oxygen atoms in total. The Hall–Kier alpha value is -1.74. The number of rotatable bonds is 3. The SMILES string of the molecule is CSc1cccc(N=C(N)c2ccccc2)c1. The molecule has 0 aliphatic heterocycles. The molecule has 0 aromatic heterocycles. The monoisotopic (exact) mass is 242 g/mol. The van der Waals surface area contributed by atoms with Gasteiger partial charge < -0.3 is 5.73 Å². The van der Waals surface area contributed by atoms with Gasteiger partial charge in [-0.2, -0.15) is 0 Å². The maximum atomic E-state index is 5.96. The molecule has 2 aromatic rings. The summed E-state index contributed by atoms with van der Waals surface area (Å²) in [4.78, 5) is 5.61. The van der Waals surface area contributed by atoms with E-state index in [2.05, 4.69) is 11.1 Å². The van der Waals surface area contributed by atoms with Gasteiger partial charge in [0.1, 0.15) is 5.84 Å². The van der Waals surface area contributed by atoms with Gasteiger partial charge in [-0.3, -0.25) is 0 Å². The van der Waals surface area contributed by atoms with E-state index in [4.69, 9.17) is 5.73 Å². The van der Waals surface area contributed by atoms with Crippen molar-refractivity contribution in [1.82, 2.24) is 0 Å². The van der Waals surface area contributed by atoms with Crippen LogP contribution in [0, 0.1) is 0 Å². The highest BCUT2D eigenvalue weighted by Crippen LogP contribution is 2.21. The Morgan fingerprint density at radius 2 is 1.82 bits per heavy atom. The topological polar surface area (TPSA) is 38.4 Å². The van der Waals surface area contributed by atoms with Crippen LogP contribution in [-0.2, 0) is 0 Å². The molecule has 2 rings (SSSR count). The van der Waals surface area contributed by atoms with Crippen molar-refractivity contribution in [3.63, 3.8) is 0 Å². The second-order valence-electron chi connectivity index (χ2n) is 3.56. The largest absolute Gasteiger partial charge is 0.383 e. The summed E-state index contributed by atoms with van der Waals surface area (Å²) in [7, 11) is 0. The lowest BCUT2D eigenvalue weighted by Gasteiger charge is -2.02. The molecule has 3 heteroatoms. The van der Waals surface area contributed by atoms with Crippen LogP contribution < -0.4 is 5.73 Å². The minimum atomic E-state index is 0.545. The number of thioether (sulfide) groups is 1. The fourth-order valence-electron chi connectivity index (χ4n) is 1.49. The third-order valence-electron chi connectivity index (χ3n) is 2.37. The molecule has 0 spiro atoms. The van der Waals surface area contributed by atoms with Crippen LogP contribution in [0.4, 0.5) is 5.69 Å². The van der Waals surface area contributed by atoms with Gasteiger partial charge in [0.05, 0.1) is 5.69 Å². The van der Waals surface area contributed by atoms with Crippen molar-refractivity contribution in [3.8, 4) is 0 Å². The predicted octanol–water partition coefficient (Wildman–Crippen LogP) is 3.45. The van der Waals surface area contributed by atoms with Crippen molar-refractivity contribution in [2.24, 2.45) is 10.7 Å². The molecule has 0 bridgehead atoms. The molecule has 0 amide bonds. The summed E-state index contributed by atoms with van der Waals surface area (Å²) in [6, 6.07) is 17.8.